The highest BCUT2D eigenvalue weighted by Gasteiger charge is 2.54. The normalized spacial score (nSPS) is 23.6. The van der Waals surface area contributed by atoms with Crippen LogP contribution in [0.1, 0.15) is 6.92 Å². The molecule has 0 aliphatic carbocycles. The number of amides is 3. The number of rotatable bonds is 4. The van der Waals surface area contributed by atoms with Crippen LogP contribution in [0.15, 0.2) is 35.4 Å². The first-order valence-electron chi connectivity index (χ1n) is 7.34. The van der Waals surface area contributed by atoms with Crippen LogP contribution in [0.25, 0.3) is 0 Å². The van der Waals surface area contributed by atoms with E-state index >= 15 is 0 Å². The fourth-order valence-corrected chi connectivity index (χ4v) is 2.94. The molecular weight excluding hydrogens is 296 g/mol. The van der Waals surface area contributed by atoms with Gasteiger partial charge in [0.05, 0.1) is 5.71 Å². The Morgan fingerprint density at radius 2 is 2.00 bits per heavy atom. The monoisotopic (exact) mass is 315 g/mol. The van der Waals surface area contributed by atoms with Crippen molar-refractivity contribution in [1.29, 1.82) is 0 Å². The highest BCUT2D eigenvalue weighted by Crippen LogP contribution is 2.22. The summed E-state index contributed by atoms with van der Waals surface area (Å²) in [6, 6.07) is -0.997. The number of hydrogen-bond acceptors (Lipinski definition) is 5. The number of hydrazone groups is 1. The lowest BCUT2D eigenvalue weighted by Crippen LogP contribution is -2.63. The average molecular weight is 315 g/mol. The van der Waals surface area contributed by atoms with Gasteiger partial charge in [-0.3, -0.25) is 14.6 Å². The molecule has 120 valence electrons. The van der Waals surface area contributed by atoms with Crippen LogP contribution in [0.2, 0.25) is 0 Å². The van der Waals surface area contributed by atoms with Crippen LogP contribution in [0.3, 0.4) is 0 Å². The summed E-state index contributed by atoms with van der Waals surface area (Å²) in [6.07, 6.45) is 3.26. The SMILES string of the molecule is C=CCN1N=C(C)C[N+]2=C1N=C1C2C(=O)N(CC=C)C(=O)N1C. The van der Waals surface area contributed by atoms with Crippen molar-refractivity contribution in [2.45, 2.75) is 13.0 Å². The standard InChI is InChI=1S/C15H19N6O2/c1-5-7-19-13(22)11-12(18(4)15(19)23)16-14-20(11)9-10(3)17-21(14)8-6-2/h5-6,11H,1-2,7-9H2,3-4H3/q+1. The van der Waals surface area contributed by atoms with Crippen molar-refractivity contribution in [2.24, 2.45) is 10.1 Å². The molecule has 1 fully saturated rings. The lowest BCUT2D eigenvalue weighted by molar-refractivity contribution is -0.527. The minimum atomic E-state index is -0.606. The van der Waals surface area contributed by atoms with Gasteiger partial charge in [-0.05, 0) is 6.92 Å². The van der Waals surface area contributed by atoms with E-state index in [9.17, 15) is 9.59 Å². The summed E-state index contributed by atoms with van der Waals surface area (Å²) in [5, 5.41) is 6.14. The van der Waals surface area contributed by atoms with Crippen LogP contribution in [0.4, 0.5) is 4.79 Å². The van der Waals surface area contributed by atoms with Gasteiger partial charge in [-0.25, -0.2) is 9.37 Å². The van der Waals surface area contributed by atoms with E-state index in [1.807, 2.05) is 11.5 Å². The van der Waals surface area contributed by atoms with Gasteiger partial charge in [0.2, 0.25) is 11.9 Å². The number of carbonyl (C=O) groups is 2. The van der Waals surface area contributed by atoms with Crippen molar-refractivity contribution >= 4 is 29.4 Å². The molecule has 3 aliphatic rings. The molecule has 0 radical (unpaired) electrons. The van der Waals surface area contributed by atoms with Gasteiger partial charge in [0, 0.05) is 13.6 Å². The molecule has 0 bridgehead atoms. The third kappa shape index (κ3) is 2.18. The van der Waals surface area contributed by atoms with E-state index in [0.29, 0.717) is 24.9 Å². The maximum Gasteiger partial charge on any atom is 0.417 e. The molecule has 3 heterocycles. The Kier molecular flexibility index (Phi) is 3.59. The van der Waals surface area contributed by atoms with Crippen LogP contribution in [0, 0.1) is 0 Å². The molecule has 3 aliphatic heterocycles. The number of imide groups is 1. The predicted molar refractivity (Wildman–Crippen MR) is 86.4 cm³/mol. The molecular formula is C15H19N6O2+. The van der Waals surface area contributed by atoms with Gasteiger partial charge in [-0.1, -0.05) is 23.7 Å². The molecule has 8 nitrogen and oxygen atoms in total. The summed E-state index contributed by atoms with van der Waals surface area (Å²) < 4.78 is 1.88. The Morgan fingerprint density at radius 3 is 2.65 bits per heavy atom. The molecule has 3 amide bonds. The van der Waals surface area contributed by atoms with E-state index in [1.165, 1.54) is 15.9 Å². The average Bonchev–Trinajstić information content (AvgIpc) is 2.89. The van der Waals surface area contributed by atoms with E-state index in [2.05, 4.69) is 23.3 Å². The third-order valence-corrected chi connectivity index (χ3v) is 3.92. The Balaban J connectivity index is 2.04. The highest BCUT2D eigenvalue weighted by atomic mass is 16.2. The summed E-state index contributed by atoms with van der Waals surface area (Å²) in [5.41, 5.74) is 0.870. The van der Waals surface area contributed by atoms with Crippen LogP contribution in [-0.4, -0.2) is 81.6 Å². The predicted octanol–water partition coefficient (Wildman–Crippen LogP) is 0.0931. The summed E-state index contributed by atoms with van der Waals surface area (Å²) in [7, 11) is 1.63. The van der Waals surface area contributed by atoms with Gasteiger partial charge < -0.3 is 0 Å². The molecule has 3 rings (SSSR count). The number of carbonyl (C=O) groups excluding carboxylic acids is 2. The second kappa shape index (κ2) is 5.45. The number of amidine groups is 1. The van der Waals surface area contributed by atoms with Crippen molar-refractivity contribution in [3.63, 3.8) is 0 Å². The van der Waals surface area contributed by atoms with Gasteiger partial charge in [-0.2, -0.15) is 0 Å². The van der Waals surface area contributed by atoms with Gasteiger partial charge in [-0.15, -0.1) is 16.7 Å². The van der Waals surface area contributed by atoms with Crippen LogP contribution in [-0.2, 0) is 4.79 Å². The minimum absolute atomic E-state index is 0.179. The van der Waals surface area contributed by atoms with E-state index in [0.717, 1.165) is 5.71 Å². The molecule has 1 saturated heterocycles. The van der Waals surface area contributed by atoms with E-state index in [1.54, 1.807) is 18.1 Å². The van der Waals surface area contributed by atoms with Gasteiger partial charge in [0.15, 0.2) is 0 Å². The van der Waals surface area contributed by atoms with E-state index in [4.69, 9.17) is 0 Å². The molecule has 0 aromatic rings. The first-order chi connectivity index (χ1) is 11.0. The Labute approximate surface area is 134 Å². The number of fused-ring (bicyclic) bond motifs is 2. The number of guanidine groups is 1. The second-order valence-corrected chi connectivity index (χ2v) is 5.59. The molecule has 0 N–H and O–H groups in total. The quantitative estimate of drug-likeness (QED) is 0.545. The number of nitrogens with zero attached hydrogens (tertiary/aromatic N) is 6. The second-order valence-electron chi connectivity index (χ2n) is 5.59. The zero-order valence-electron chi connectivity index (χ0n) is 13.3. The van der Waals surface area contributed by atoms with Crippen LogP contribution in [0.5, 0.6) is 0 Å². The van der Waals surface area contributed by atoms with E-state index in [-0.39, 0.29) is 12.5 Å². The molecule has 0 aromatic carbocycles. The number of urea groups is 1. The Morgan fingerprint density at radius 1 is 1.30 bits per heavy atom. The van der Waals surface area contributed by atoms with Gasteiger partial charge in [0.25, 0.3) is 5.91 Å². The smallest absolute Gasteiger partial charge is 0.270 e. The van der Waals surface area contributed by atoms with Crippen molar-refractivity contribution in [2.75, 3.05) is 26.7 Å². The lowest BCUT2D eigenvalue weighted by Gasteiger charge is -2.33. The number of likely N-dealkylation sites (N-methyl/N-ethyl adjacent to an activating group) is 1. The minimum Gasteiger partial charge on any atom is -0.270 e. The molecule has 0 saturated carbocycles. The summed E-state index contributed by atoms with van der Waals surface area (Å²) in [5.74, 6) is 0.730. The van der Waals surface area contributed by atoms with Crippen LogP contribution >= 0.6 is 0 Å². The van der Waals surface area contributed by atoms with Crippen molar-refractivity contribution in [3.05, 3.63) is 25.3 Å². The molecule has 1 atom stereocenters. The highest BCUT2D eigenvalue weighted by molar-refractivity contribution is 6.23. The zero-order chi connectivity index (χ0) is 16.7. The van der Waals surface area contributed by atoms with E-state index < -0.39 is 12.1 Å². The largest absolute Gasteiger partial charge is 0.417 e. The van der Waals surface area contributed by atoms with Crippen molar-refractivity contribution < 1.29 is 14.2 Å². The third-order valence-electron chi connectivity index (χ3n) is 3.92. The number of aliphatic imine (C=N–C) groups is 1. The maximum atomic E-state index is 12.8. The van der Waals surface area contributed by atoms with Crippen molar-refractivity contribution in [3.8, 4) is 0 Å². The van der Waals surface area contributed by atoms with Crippen LogP contribution < -0.4 is 0 Å². The summed E-state index contributed by atoms with van der Waals surface area (Å²) in [4.78, 5) is 32.3. The topological polar surface area (TPSA) is 71.6 Å². The zero-order valence-corrected chi connectivity index (χ0v) is 13.3. The summed E-state index contributed by atoms with van der Waals surface area (Å²) >= 11 is 0. The molecule has 23 heavy (non-hydrogen) atoms. The fourth-order valence-electron chi connectivity index (χ4n) is 2.94. The molecule has 0 spiro atoms. The lowest BCUT2D eigenvalue weighted by atomic mass is 10.1. The Hall–Kier alpha value is -2.77. The Bertz CT molecular complexity index is 705. The van der Waals surface area contributed by atoms with Crippen molar-refractivity contribution in [1.82, 2.24) is 14.8 Å². The summed E-state index contributed by atoms with van der Waals surface area (Å²) in [6.45, 7) is 10.4. The molecule has 0 aromatic heterocycles. The van der Waals surface area contributed by atoms with Gasteiger partial charge >= 0.3 is 12.0 Å². The fraction of sp³-hybridized carbons (Fsp3) is 0.400. The van der Waals surface area contributed by atoms with Gasteiger partial charge in [0.1, 0.15) is 13.1 Å². The maximum absolute atomic E-state index is 12.8. The molecule has 1 unspecified atom stereocenters. The number of hydrogen-bond donors (Lipinski definition) is 0. The first-order valence-corrected chi connectivity index (χ1v) is 7.34. The first kappa shape index (κ1) is 15.1. The molecule has 8 heteroatoms.